The molecule has 0 fully saturated rings. The van der Waals surface area contributed by atoms with Gasteiger partial charge in [-0.3, -0.25) is 14.7 Å². The second kappa shape index (κ2) is 17.8. The van der Waals surface area contributed by atoms with Crippen molar-refractivity contribution in [2.24, 2.45) is 10.4 Å². The third-order valence-corrected chi connectivity index (χ3v) is 9.60. The molecule has 0 bridgehead atoms. The zero-order chi connectivity index (χ0) is 40.7. The maximum atomic E-state index is 14.5. The van der Waals surface area contributed by atoms with Gasteiger partial charge in [0.1, 0.15) is 34.3 Å². The van der Waals surface area contributed by atoms with E-state index >= 15 is 0 Å². The molecule has 1 atom stereocenters. The molecule has 2 N–H and O–H groups in total. The Morgan fingerprint density at radius 2 is 1.91 bits per heavy atom. The lowest BCUT2D eigenvalue weighted by atomic mass is 9.92. The Kier molecular flexibility index (Phi) is 13.2. The fraction of sp³-hybridized carbons (Fsp3) is 0.282. The zero-order valence-electron chi connectivity index (χ0n) is 30.6. The number of aromatic nitrogens is 3. The molecule has 0 spiro atoms. The largest absolute Gasteiger partial charge is 0.481 e. The van der Waals surface area contributed by atoms with E-state index in [2.05, 4.69) is 34.1 Å². The summed E-state index contributed by atoms with van der Waals surface area (Å²) in [5, 5.41) is 19.1. The van der Waals surface area contributed by atoms with Gasteiger partial charge in [-0.15, -0.1) is 6.42 Å². The van der Waals surface area contributed by atoms with Gasteiger partial charge in [0, 0.05) is 47.2 Å². The lowest BCUT2D eigenvalue weighted by Gasteiger charge is -2.28. The molecular weight excluding hydrogens is 788 g/mol. The fourth-order valence-electron chi connectivity index (χ4n) is 5.60. The van der Waals surface area contributed by atoms with Gasteiger partial charge < -0.3 is 29.0 Å². The number of benzene rings is 3. The van der Waals surface area contributed by atoms with Crippen LogP contribution in [0.1, 0.15) is 32.2 Å². The summed E-state index contributed by atoms with van der Waals surface area (Å²) in [4.78, 5) is 43.6. The summed E-state index contributed by atoms with van der Waals surface area (Å²) in [6, 6.07) is 14.6. The number of hydrogen-bond donors (Lipinski definition) is 2. The predicted molar refractivity (Wildman–Crippen MR) is 210 cm³/mol. The van der Waals surface area contributed by atoms with Crippen molar-refractivity contribution in [3.05, 3.63) is 92.8 Å². The molecule has 1 unspecified atom stereocenters. The average Bonchev–Trinajstić information content (AvgIpc) is 3.66. The van der Waals surface area contributed by atoms with E-state index in [-0.39, 0.29) is 30.2 Å². The summed E-state index contributed by atoms with van der Waals surface area (Å²) in [6.07, 6.45) is 6.97. The van der Waals surface area contributed by atoms with Crippen molar-refractivity contribution in [3.8, 4) is 29.6 Å². The monoisotopic (exact) mass is 823 g/mol. The second-order valence-electron chi connectivity index (χ2n) is 13.3. The summed E-state index contributed by atoms with van der Waals surface area (Å²) in [5.74, 6) is 1.87. The number of halogens is 3. The van der Waals surface area contributed by atoms with Crippen molar-refractivity contribution < 1.29 is 43.2 Å². The molecule has 13 nitrogen and oxygen atoms in total. The van der Waals surface area contributed by atoms with E-state index in [4.69, 9.17) is 54.0 Å². The van der Waals surface area contributed by atoms with Crippen LogP contribution in [0.2, 0.25) is 10.0 Å². The molecule has 4 heterocycles. The van der Waals surface area contributed by atoms with Crippen LogP contribution in [0.15, 0.2) is 65.8 Å². The first-order valence-electron chi connectivity index (χ1n) is 16.9. The number of hydrogen-bond acceptors (Lipinski definition) is 10. The van der Waals surface area contributed by atoms with Gasteiger partial charge in [0.05, 0.1) is 17.3 Å². The van der Waals surface area contributed by atoms with Crippen LogP contribution in [0, 0.1) is 30.5 Å². The Morgan fingerprint density at radius 1 is 1.16 bits per heavy atom. The van der Waals surface area contributed by atoms with Gasteiger partial charge in [-0.1, -0.05) is 43.0 Å². The minimum Gasteiger partial charge on any atom is -0.481 e. The van der Waals surface area contributed by atoms with Gasteiger partial charge >= 0.3 is 11.9 Å². The number of carbonyl (C=O) groups excluding carboxylic acids is 1. The highest BCUT2D eigenvalue weighted by Crippen LogP contribution is 2.38. The summed E-state index contributed by atoms with van der Waals surface area (Å²) < 4.78 is 36.6. The molecule has 292 valence electrons. The summed E-state index contributed by atoms with van der Waals surface area (Å²) in [7, 11) is 0. The van der Waals surface area contributed by atoms with Crippen molar-refractivity contribution in [3.63, 3.8) is 0 Å². The smallest absolute Gasteiger partial charge is 0.344 e. The molecule has 0 radical (unpaired) electrons. The zero-order valence-corrected chi connectivity index (χ0v) is 32.9. The van der Waals surface area contributed by atoms with Crippen LogP contribution in [-0.2, 0) is 27.3 Å². The van der Waals surface area contributed by atoms with Crippen LogP contribution in [0.25, 0.3) is 10.9 Å². The van der Waals surface area contributed by atoms with Crippen molar-refractivity contribution in [2.45, 2.75) is 46.8 Å². The minimum atomic E-state index is -1.03. The number of anilines is 1. The molecule has 3 aromatic carbocycles. The van der Waals surface area contributed by atoms with Crippen LogP contribution >= 0.6 is 34.7 Å². The van der Waals surface area contributed by atoms with E-state index in [0.717, 1.165) is 29.7 Å². The number of carboxylic acids is 2. The predicted octanol–water partition coefficient (Wildman–Crippen LogP) is 7.11. The molecule has 2 aliphatic rings. The molecule has 2 aliphatic heterocycles. The van der Waals surface area contributed by atoms with Crippen LogP contribution in [0.5, 0.6) is 17.2 Å². The first-order valence-corrected chi connectivity index (χ1v) is 18.4. The molecule has 0 saturated heterocycles. The number of fused-ring (bicyclic) bond motifs is 3. The quantitative estimate of drug-likeness (QED) is 0.154. The molecular formula is C39H36Cl2FN5O8S. The Hall–Kier alpha value is -5.69. The first kappa shape index (κ1) is 41.5. The maximum Gasteiger partial charge on any atom is 0.344 e. The van der Waals surface area contributed by atoms with Crippen LogP contribution in [-0.4, -0.2) is 67.8 Å². The number of carboxylic acid groups (broad SMARTS) is 2. The third kappa shape index (κ3) is 10.1. The van der Waals surface area contributed by atoms with E-state index in [1.807, 2.05) is 11.5 Å². The first-order chi connectivity index (χ1) is 26.6. The lowest BCUT2D eigenvalue weighted by molar-refractivity contribution is -0.144. The highest BCUT2D eigenvalue weighted by Gasteiger charge is 2.31. The number of aryl methyl sites for hydroxylation is 1. The molecule has 0 saturated carbocycles. The Balaban J connectivity index is 0.000000172. The standard InChI is InChI=1S/C18H17FN4O2S.C11H8ClNO3.C10H11ClO3/c1-4-5-22-13-7-12(11(19)6-14(13)25-9-16(22)24)20-17-23-10-18(2,3)8-15(23)21-26-17;12-8-3-4-9(16-6-10(14)15)11-7(8)2-1-5-13-11;1-6-5-8(11)3-4-9(6)14-7(2)10(12)13/h1,6-7H,5,8-10H2,2-3H3;1-5H,6H2,(H,14,15);3-5,7H,1-2H3,(H,12,13). The second-order valence-corrected chi connectivity index (χ2v) is 14.9. The fourth-order valence-corrected chi connectivity index (χ4v) is 6.80. The molecule has 56 heavy (non-hydrogen) atoms. The minimum absolute atomic E-state index is 0.0964. The van der Waals surface area contributed by atoms with Gasteiger partial charge in [0.25, 0.3) is 5.91 Å². The topological polar surface area (TPSA) is 166 Å². The number of rotatable bonds is 8. The van der Waals surface area contributed by atoms with E-state index < -0.39 is 30.5 Å². The Morgan fingerprint density at radius 3 is 2.61 bits per heavy atom. The van der Waals surface area contributed by atoms with Crippen LogP contribution < -0.4 is 23.9 Å². The SMILES string of the molecule is C#CCN1C(=O)COc2cc(F)c(N=c3snc4n3CC(C)(C)C4)cc21.Cc1cc(Cl)ccc1OC(C)C(=O)O.O=C(O)COc1ccc(Cl)c2cccnc12. The average molecular weight is 825 g/mol. The van der Waals surface area contributed by atoms with Crippen molar-refractivity contribution in [1.82, 2.24) is 13.9 Å². The van der Waals surface area contributed by atoms with Gasteiger partial charge in [0.15, 0.2) is 25.1 Å². The number of carbonyl (C=O) groups is 3. The van der Waals surface area contributed by atoms with E-state index in [0.29, 0.717) is 43.3 Å². The number of ether oxygens (including phenoxy) is 3. The highest BCUT2D eigenvalue weighted by molar-refractivity contribution is 7.02. The number of amides is 1. The maximum absolute atomic E-state index is 14.5. The van der Waals surface area contributed by atoms with Gasteiger partial charge in [-0.2, -0.15) is 4.37 Å². The van der Waals surface area contributed by atoms with E-state index in [1.54, 1.807) is 48.7 Å². The van der Waals surface area contributed by atoms with Gasteiger partial charge in [0.2, 0.25) is 4.80 Å². The highest BCUT2D eigenvalue weighted by atomic mass is 35.5. The number of nitrogens with zero attached hydrogens (tertiary/aromatic N) is 5. The third-order valence-electron chi connectivity index (χ3n) is 8.25. The van der Waals surface area contributed by atoms with Gasteiger partial charge in [-0.25, -0.2) is 19.0 Å². The molecule has 1 amide bonds. The summed E-state index contributed by atoms with van der Waals surface area (Å²) >= 11 is 13.0. The summed E-state index contributed by atoms with van der Waals surface area (Å²) in [6.45, 7) is 7.96. The molecule has 7 rings (SSSR count). The van der Waals surface area contributed by atoms with E-state index in [9.17, 15) is 18.8 Å². The van der Waals surface area contributed by atoms with Crippen LogP contribution in [0.4, 0.5) is 15.8 Å². The Bertz CT molecular complexity index is 2410. The molecule has 2 aromatic heterocycles. The normalized spacial score (nSPS) is 14.5. The molecule has 5 aromatic rings. The number of pyridine rings is 1. The van der Waals surface area contributed by atoms with Crippen LogP contribution in [0.3, 0.4) is 0 Å². The molecule has 0 aliphatic carbocycles. The van der Waals surface area contributed by atoms with Gasteiger partial charge in [-0.05, 0) is 73.4 Å². The Labute approximate surface area is 335 Å². The van der Waals surface area contributed by atoms with Crippen molar-refractivity contribution in [1.29, 1.82) is 0 Å². The lowest BCUT2D eigenvalue weighted by Crippen LogP contribution is -2.39. The molecule has 17 heteroatoms. The number of terminal acetylenes is 1. The summed E-state index contributed by atoms with van der Waals surface area (Å²) in [5.41, 5.74) is 2.07. The van der Waals surface area contributed by atoms with Crippen molar-refractivity contribution in [2.75, 3.05) is 24.7 Å². The van der Waals surface area contributed by atoms with E-state index in [1.165, 1.54) is 35.5 Å². The number of aliphatic carboxylic acids is 2. The van der Waals surface area contributed by atoms with Crippen molar-refractivity contribution >= 4 is 74.9 Å².